The van der Waals surface area contributed by atoms with Crippen LogP contribution in [0.25, 0.3) is 11.3 Å². The summed E-state index contributed by atoms with van der Waals surface area (Å²) in [7, 11) is 0. The number of Topliss-reactive ketones (excluding diaryl/α,β-unsaturated/α-hetero) is 2. The minimum atomic E-state index is -0.233. The Bertz CT molecular complexity index is 925. The first-order valence-electron chi connectivity index (χ1n) is 9.83. The fourth-order valence-electron chi connectivity index (χ4n) is 6.62. The standard InChI is InChI=1S/C22H22N2O2/c25-20(22-8-13-5-14(9-22)21(26)15(6-13)10-22)7-18-16-3-1-2-4-17(16)19-11-23-12-24(18)19/h1-4,11-15,18H,5-10H2. The molecule has 2 aromatic rings. The zero-order valence-corrected chi connectivity index (χ0v) is 14.7. The Morgan fingerprint density at radius 1 is 1.15 bits per heavy atom. The third-order valence-electron chi connectivity index (χ3n) is 7.56. The van der Waals surface area contributed by atoms with Gasteiger partial charge in [0.25, 0.3) is 0 Å². The first kappa shape index (κ1) is 14.9. The van der Waals surface area contributed by atoms with E-state index in [0.717, 1.165) is 37.8 Å². The molecular weight excluding hydrogens is 324 g/mol. The van der Waals surface area contributed by atoms with Gasteiger partial charge in [0.2, 0.25) is 0 Å². The molecule has 0 spiro atoms. The highest BCUT2D eigenvalue weighted by Gasteiger charge is 2.58. The summed E-state index contributed by atoms with van der Waals surface area (Å²) in [6.45, 7) is 0. The molecule has 3 unspecified atom stereocenters. The monoisotopic (exact) mass is 346 g/mol. The second-order valence-corrected chi connectivity index (χ2v) is 8.94. The molecule has 132 valence electrons. The fraction of sp³-hybridized carbons (Fsp3) is 0.500. The van der Waals surface area contributed by atoms with Gasteiger partial charge in [0.05, 0.1) is 24.3 Å². The van der Waals surface area contributed by atoms with Crippen molar-refractivity contribution in [3.05, 3.63) is 42.4 Å². The second-order valence-electron chi connectivity index (χ2n) is 8.94. The summed E-state index contributed by atoms with van der Waals surface area (Å²) < 4.78 is 2.16. The number of carbonyl (C=O) groups is 2. The lowest BCUT2D eigenvalue weighted by Crippen LogP contribution is -2.54. The van der Waals surface area contributed by atoms with E-state index in [-0.39, 0.29) is 23.3 Å². The van der Waals surface area contributed by atoms with E-state index in [0.29, 0.717) is 23.9 Å². The molecule has 4 bridgehead atoms. The van der Waals surface area contributed by atoms with E-state index in [1.807, 2.05) is 18.6 Å². The highest BCUT2D eigenvalue weighted by molar-refractivity contribution is 5.93. The number of hydrogen-bond acceptors (Lipinski definition) is 3. The Kier molecular flexibility index (Phi) is 2.83. The van der Waals surface area contributed by atoms with Crippen molar-refractivity contribution in [1.29, 1.82) is 0 Å². The van der Waals surface area contributed by atoms with Gasteiger partial charge in [-0.2, -0.15) is 0 Å². The number of fused-ring (bicyclic) bond motifs is 3. The highest BCUT2D eigenvalue weighted by atomic mass is 16.1. The van der Waals surface area contributed by atoms with Crippen molar-refractivity contribution in [2.75, 3.05) is 0 Å². The third kappa shape index (κ3) is 1.82. The van der Waals surface area contributed by atoms with Crippen molar-refractivity contribution in [3.63, 3.8) is 0 Å². The number of rotatable bonds is 3. The lowest BCUT2D eigenvalue weighted by atomic mass is 9.47. The van der Waals surface area contributed by atoms with Gasteiger partial charge in [-0.05, 0) is 43.6 Å². The molecule has 4 aliphatic carbocycles. The number of imidazole rings is 1. The molecule has 1 aliphatic heterocycles. The number of nitrogens with zero attached hydrogens (tertiary/aromatic N) is 2. The van der Waals surface area contributed by atoms with Gasteiger partial charge in [0.15, 0.2) is 0 Å². The van der Waals surface area contributed by atoms with Gasteiger partial charge in [-0.1, -0.05) is 24.3 Å². The first-order chi connectivity index (χ1) is 12.6. The van der Waals surface area contributed by atoms with Crippen molar-refractivity contribution in [3.8, 4) is 11.3 Å². The van der Waals surface area contributed by atoms with Crippen molar-refractivity contribution in [2.24, 2.45) is 23.2 Å². The van der Waals surface area contributed by atoms with Crippen molar-refractivity contribution < 1.29 is 9.59 Å². The SMILES string of the molecule is O=C1C2CC3CC1CC(C(=O)CC1c4ccccc4-c4cncn41)(C3)C2. The minimum absolute atomic E-state index is 0.0555. The Morgan fingerprint density at radius 2 is 1.92 bits per heavy atom. The molecular formula is C22H22N2O2. The molecule has 1 aromatic heterocycles. The molecule has 4 nitrogen and oxygen atoms in total. The lowest BCUT2D eigenvalue weighted by molar-refractivity contribution is -0.156. The molecule has 0 radical (unpaired) electrons. The smallest absolute Gasteiger partial charge is 0.141 e. The number of hydrogen-bond donors (Lipinski definition) is 0. The highest BCUT2D eigenvalue weighted by Crippen LogP contribution is 2.59. The number of aromatic nitrogens is 2. The summed E-state index contributed by atoms with van der Waals surface area (Å²) in [5.74, 6) is 1.74. The van der Waals surface area contributed by atoms with Crippen LogP contribution >= 0.6 is 0 Å². The lowest BCUT2D eigenvalue weighted by Gasteiger charge is -2.55. The van der Waals surface area contributed by atoms with Crippen molar-refractivity contribution in [1.82, 2.24) is 9.55 Å². The fourth-order valence-corrected chi connectivity index (χ4v) is 6.62. The molecule has 2 heterocycles. The van der Waals surface area contributed by atoms with Crippen LogP contribution in [-0.2, 0) is 9.59 Å². The predicted octanol–water partition coefficient (Wildman–Crippen LogP) is 3.81. The zero-order chi connectivity index (χ0) is 17.5. The average molecular weight is 346 g/mol. The maximum absolute atomic E-state index is 13.6. The van der Waals surface area contributed by atoms with E-state index >= 15 is 0 Å². The molecule has 4 fully saturated rings. The summed E-state index contributed by atoms with van der Waals surface area (Å²) in [6, 6.07) is 8.42. The molecule has 0 saturated heterocycles. The Balaban J connectivity index is 1.34. The van der Waals surface area contributed by atoms with Crippen LogP contribution in [0.3, 0.4) is 0 Å². The molecule has 4 saturated carbocycles. The summed E-state index contributed by atoms with van der Waals surface area (Å²) in [5, 5.41) is 0. The van der Waals surface area contributed by atoms with E-state index in [4.69, 9.17) is 0 Å². The molecule has 7 rings (SSSR count). The topological polar surface area (TPSA) is 52.0 Å². The van der Waals surface area contributed by atoms with Crippen LogP contribution in [0.5, 0.6) is 0 Å². The Morgan fingerprint density at radius 3 is 2.73 bits per heavy atom. The van der Waals surface area contributed by atoms with Crippen LogP contribution in [0.1, 0.15) is 50.1 Å². The van der Waals surface area contributed by atoms with Gasteiger partial charge in [0, 0.05) is 29.2 Å². The van der Waals surface area contributed by atoms with E-state index in [9.17, 15) is 9.59 Å². The quantitative estimate of drug-likeness (QED) is 0.849. The molecule has 1 aromatic carbocycles. The van der Waals surface area contributed by atoms with Gasteiger partial charge in [-0.25, -0.2) is 4.98 Å². The number of carbonyl (C=O) groups excluding carboxylic acids is 2. The normalized spacial score (nSPS) is 36.2. The van der Waals surface area contributed by atoms with Gasteiger partial charge >= 0.3 is 0 Å². The predicted molar refractivity (Wildman–Crippen MR) is 96.4 cm³/mol. The van der Waals surface area contributed by atoms with Crippen LogP contribution < -0.4 is 0 Å². The van der Waals surface area contributed by atoms with Gasteiger partial charge in [-0.15, -0.1) is 0 Å². The Labute approximate surface area is 152 Å². The van der Waals surface area contributed by atoms with Crippen LogP contribution in [-0.4, -0.2) is 21.1 Å². The maximum Gasteiger partial charge on any atom is 0.141 e. The second kappa shape index (κ2) is 4.93. The van der Waals surface area contributed by atoms with Gasteiger partial charge in [-0.3, -0.25) is 9.59 Å². The molecule has 26 heavy (non-hydrogen) atoms. The van der Waals surface area contributed by atoms with E-state index < -0.39 is 0 Å². The first-order valence-corrected chi connectivity index (χ1v) is 9.83. The van der Waals surface area contributed by atoms with Crippen molar-refractivity contribution in [2.45, 2.75) is 44.6 Å². The van der Waals surface area contributed by atoms with Gasteiger partial charge in [0.1, 0.15) is 11.6 Å². The molecule has 0 amide bonds. The van der Waals surface area contributed by atoms with E-state index in [1.54, 1.807) is 0 Å². The van der Waals surface area contributed by atoms with Crippen LogP contribution in [0.15, 0.2) is 36.8 Å². The average Bonchev–Trinajstić information content (AvgIpc) is 3.22. The minimum Gasteiger partial charge on any atom is -0.323 e. The van der Waals surface area contributed by atoms with Crippen LogP contribution in [0, 0.1) is 23.2 Å². The maximum atomic E-state index is 13.6. The van der Waals surface area contributed by atoms with Crippen LogP contribution in [0.2, 0.25) is 0 Å². The van der Waals surface area contributed by atoms with Crippen molar-refractivity contribution >= 4 is 11.6 Å². The van der Waals surface area contributed by atoms with E-state index in [2.05, 4.69) is 27.8 Å². The summed E-state index contributed by atoms with van der Waals surface area (Å²) in [6.07, 6.45) is 8.97. The summed E-state index contributed by atoms with van der Waals surface area (Å²) >= 11 is 0. The molecule has 3 atom stereocenters. The van der Waals surface area contributed by atoms with Gasteiger partial charge < -0.3 is 4.57 Å². The number of ketones is 2. The summed E-state index contributed by atoms with van der Waals surface area (Å²) in [5.41, 5.74) is 3.31. The zero-order valence-electron chi connectivity index (χ0n) is 14.7. The molecule has 5 aliphatic rings. The largest absolute Gasteiger partial charge is 0.323 e. The van der Waals surface area contributed by atoms with E-state index in [1.165, 1.54) is 11.1 Å². The summed E-state index contributed by atoms with van der Waals surface area (Å²) in [4.78, 5) is 30.3. The third-order valence-corrected chi connectivity index (χ3v) is 7.56. The van der Waals surface area contributed by atoms with Crippen LogP contribution in [0.4, 0.5) is 0 Å². The molecule has 0 N–H and O–H groups in total. The Hall–Kier alpha value is -2.23. The molecule has 4 heteroatoms. The number of benzene rings is 1.